The Bertz CT molecular complexity index is 863. The maximum absolute atomic E-state index is 12.4. The van der Waals surface area contributed by atoms with Crippen LogP contribution in [0.5, 0.6) is 5.75 Å². The van der Waals surface area contributed by atoms with E-state index in [1.165, 1.54) is 6.33 Å². The van der Waals surface area contributed by atoms with E-state index in [1.807, 2.05) is 31.2 Å². The quantitative estimate of drug-likeness (QED) is 0.710. The first-order chi connectivity index (χ1) is 12.1. The number of nitrogens with zero attached hydrogens (tertiary/aromatic N) is 3. The molecular weight excluding hydrogens is 384 g/mol. The summed E-state index contributed by atoms with van der Waals surface area (Å²) >= 11 is 3.40. The molecule has 1 heterocycles. The van der Waals surface area contributed by atoms with E-state index in [0.717, 1.165) is 15.7 Å². The van der Waals surface area contributed by atoms with Gasteiger partial charge in [-0.05, 0) is 58.7 Å². The van der Waals surface area contributed by atoms with Crippen molar-refractivity contribution < 1.29 is 9.53 Å². The topological polar surface area (TPSA) is 69.0 Å². The van der Waals surface area contributed by atoms with Gasteiger partial charge in [-0.15, -0.1) is 0 Å². The van der Waals surface area contributed by atoms with Gasteiger partial charge >= 0.3 is 0 Å². The van der Waals surface area contributed by atoms with Crippen molar-refractivity contribution in [3.8, 4) is 11.4 Å². The van der Waals surface area contributed by atoms with Gasteiger partial charge in [0.2, 0.25) is 0 Å². The molecule has 3 rings (SSSR count). The Labute approximate surface area is 154 Å². The molecule has 0 saturated heterocycles. The van der Waals surface area contributed by atoms with Crippen molar-refractivity contribution in [2.75, 3.05) is 7.11 Å². The van der Waals surface area contributed by atoms with E-state index in [2.05, 4.69) is 31.3 Å². The van der Waals surface area contributed by atoms with E-state index >= 15 is 0 Å². The summed E-state index contributed by atoms with van der Waals surface area (Å²) < 4.78 is 7.61. The fourth-order valence-corrected chi connectivity index (χ4v) is 2.97. The normalized spacial score (nSPS) is 11.8. The smallest absolute Gasteiger partial charge is 0.251 e. The number of amides is 1. The Morgan fingerprint density at radius 2 is 2.00 bits per heavy atom. The molecule has 0 aliphatic rings. The van der Waals surface area contributed by atoms with Crippen molar-refractivity contribution in [1.29, 1.82) is 0 Å². The first kappa shape index (κ1) is 17.2. The van der Waals surface area contributed by atoms with Crippen LogP contribution in [0.15, 0.2) is 59.6 Å². The molecule has 2 aromatic carbocycles. The molecule has 1 N–H and O–H groups in total. The van der Waals surface area contributed by atoms with E-state index in [1.54, 1.807) is 36.3 Å². The summed E-state index contributed by atoms with van der Waals surface area (Å²) in [7, 11) is 1.59. The largest absolute Gasteiger partial charge is 0.496 e. The van der Waals surface area contributed by atoms with Crippen LogP contribution in [0.1, 0.15) is 28.9 Å². The van der Waals surface area contributed by atoms with Crippen LogP contribution in [-0.4, -0.2) is 27.8 Å². The highest BCUT2D eigenvalue weighted by atomic mass is 79.9. The lowest BCUT2D eigenvalue weighted by Gasteiger charge is -2.15. The summed E-state index contributed by atoms with van der Waals surface area (Å²) in [5.74, 6) is 0.546. The molecule has 0 radical (unpaired) electrons. The minimum Gasteiger partial charge on any atom is -0.496 e. The lowest BCUT2D eigenvalue weighted by Crippen LogP contribution is -2.26. The third kappa shape index (κ3) is 3.88. The molecule has 0 unspecified atom stereocenters. The molecule has 0 aliphatic heterocycles. The van der Waals surface area contributed by atoms with Gasteiger partial charge in [0.05, 0.1) is 23.3 Å². The zero-order chi connectivity index (χ0) is 17.8. The number of nitrogens with one attached hydrogen (secondary N) is 1. The summed E-state index contributed by atoms with van der Waals surface area (Å²) in [6.07, 6.45) is 3.13. The van der Waals surface area contributed by atoms with Crippen molar-refractivity contribution in [2.45, 2.75) is 13.0 Å². The average molecular weight is 401 g/mol. The van der Waals surface area contributed by atoms with Crippen LogP contribution in [0, 0.1) is 0 Å². The van der Waals surface area contributed by atoms with Crippen molar-refractivity contribution in [2.24, 2.45) is 0 Å². The third-order valence-electron chi connectivity index (χ3n) is 3.84. The molecule has 0 fully saturated rings. The van der Waals surface area contributed by atoms with Gasteiger partial charge in [-0.2, -0.15) is 5.10 Å². The Hall–Kier alpha value is -2.67. The average Bonchev–Trinajstić information content (AvgIpc) is 3.16. The number of rotatable bonds is 5. The molecule has 0 saturated carbocycles. The Balaban J connectivity index is 1.70. The second kappa shape index (κ2) is 7.48. The number of ether oxygens (including phenoxy) is 1. The molecule has 25 heavy (non-hydrogen) atoms. The van der Waals surface area contributed by atoms with E-state index in [4.69, 9.17) is 4.74 Å². The standard InChI is InChI=1S/C18H17BrN4O2/c1-12(13-3-6-15(7-4-13)23-11-20-10-21-23)22-18(24)14-5-8-17(25-2)16(19)9-14/h3-12H,1-2H3,(H,22,24)/t12-/m1/s1. The second-order valence-corrected chi connectivity index (χ2v) is 6.33. The highest BCUT2D eigenvalue weighted by Gasteiger charge is 2.13. The first-order valence-electron chi connectivity index (χ1n) is 7.68. The van der Waals surface area contributed by atoms with Gasteiger partial charge in [-0.1, -0.05) is 12.1 Å². The van der Waals surface area contributed by atoms with Crippen molar-refractivity contribution in [3.05, 3.63) is 70.7 Å². The predicted molar refractivity (Wildman–Crippen MR) is 97.9 cm³/mol. The van der Waals surface area contributed by atoms with Gasteiger partial charge in [0.25, 0.3) is 5.91 Å². The zero-order valence-corrected chi connectivity index (χ0v) is 15.4. The predicted octanol–water partition coefficient (Wildman–Crippen LogP) is 3.53. The maximum Gasteiger partial charge on any atom is 0.251 e. The molecule has 0 spiro atoms. The van der Waals surface area contributed by atoms with E-state index in [9.17, 15) is 4.79 Å². The number of benzene rings is 2. The number of methoxy groups -OCH3 is 1. The van der Waals surface area contributed by atoms with Crippen LogP contribution in [-0.2, 0) is 0 Å². The summed E-state index contributed by atoms with van der Waals surface area (Å²) in [5.41, 5.74) is 2.49. The van der Waals surface area contributed by atoms with Crippen LogP contribution in [0.25, 0.3) is 5.69 Å². The van der Waals surface area contributed by atoms with Gasteiger partial charge in [-0.25, -0.2) is 9.67 Å². The monoisotopic (exact) mass is 400 g/mol. The Kier molecular flexibility index (Phi) is 5.14. The van der Waals surface area contributed by atoms with Crippen molar-refractivity contribution >= 4 is 21.8 Å². The van der Waals surface area contributed by atoms with Gasteiger partial charge in [-0.3, -0.25) is 4.79 Å². The summed E-state index contributed by atoms with van der Waals surface area (Å²) in [4.78, 5) is 16.4. The number of halogens is 1. The number of hydrogen-bond donors (Lipinski definition) is 1. The van der Waals surface area contributed by atoms with Crippen molar-refractivity contribution in [1.82, 2.24) is 20.1 Å². The van der Waals surface area contributed by atoms with E-state index < -0.39 is 0 Å². The number of carbonyl (C=O) groups excluding carboxylic acids is 1. The molecule has 7 heteroatoms. The molecule has 128 valence electrons. The zero-order valence-electron chi connectivity index (χ0n) is 13.8. The highest BCUT2D eigenvalue weighted by molar-refractivity contribution is 9.10. The molecule has 0 aliphatic carbocycles. The van der Waals surface area contributed by atoms with Crippen LogP contribution < -0.4 is 10.1 Å². The Morgan fingerprint density at radius 3 is 2.60 bits per heavy atom. The van der Waals surface area contributed by atoms with Crippen LogP contribution in [0.3, 0.4) is 0 Å². The minimum atomic E-state index is -0.142. The molecule has 0 bridgehead atoms. The summed E-state index contributed by atoms with van der Waals surface area (Å²) in [6, 6.07) is 12.9. The second-order valence-electron chi connectivity index (χ2n) is 5.48. The number of hydrogen-bond acceptors (Lipinski definition) is 4. The highest BCUT2D eigenvalue weighted by Crippen LogP contribution is 2.26. The van der Waals surface area contributed by atoms with E-state index in [0.29, 0.717) is 11.3 Å². The van der Waals surface area contributed by atoms with Crippen molar-refractivity contribution in [3.63, 3.8) is 0 Å². The summed E-state index contributed by atoms with van der Waals surface area (Å²) in [6.45, 7) is 1.95. The lowest BCUT2D eigenvalue weighted by atomic mass is 10.1. The molecule has 1 aromatic heterocycles. The van der Waals surface area contributed by atoms with Gasteiger partial charge < -0.3 is 10.1 Å². The van der Waals surface area contributed by atoms with Gasteiger partial charge in [0.1, 0.15) is 18.4 Å². The Morgan fingerprint density at radius 1 is 1.24 bits per heavy atom. The number of aromatic nitrogens is 3. The lowest BCUT2D eigenvalue weighted by molar-refractivity contribution is 0.0940. The minimum absolute atomic E-state index is 0.127. The third-order valence-corrected chi connectivity index (χ3v) is 4.46. The SMILES string of the molecule is COc1ccc(C(=O)N[C@H](C)c2ccc(-n3cncn3)cc2)cc1Br. The summed E-state index contributed by atoms with van der Waals surface area (Å²) in [5, 5.41) is 7.09. The molecule has 1 amide bonds. The maximum atomic E-state index is 12.4. The van der Waals surface area contributed by atoms with Crippen LogP contribution in [0.4, 0.5) is 0 Å². The fourth-order valence-electron chi connectivity index (χ4n) is 2.43. The van der Waals surface area contributed by atoms with E-state index in [-0.39, 0.29) is 11.9 Å². The molecule has 3 aromatic rings. The number of carbonyl (C=O) groups is 1. The first-order valence-corrected chi connectivity index (χ1v) is 8.47. The fraction of sp³-hybridized carbons (Fsp3) is 0.167. The van der Waals surface area contributed by atoms with Gasteiger partial charge in [0, 0.05) is 5.56 Å². The molecule has 6 nitrogen and oxygen atoms in total. The molecular formula is C18H17BrN4O2. The van der Waals surface area contributed by atoms with Crippen LogP contribution in [0.2, 0.25) is 0 Å². The van der Waals surface area contributed by atoms with Gasteiger partial charge in [0.15, 0.2) is 0 Å². The molecule has 1 atom stereocenters. The van der Waals surface area contributed by atoms with Crippen LogP contribution >= 0.6 is 15.9 Å².